The molecule has 0 amide bonds. The van der Waals surface area contributed by atoms with Gasteiger partial charge in [-0.1, -0.05) is 30.3 Å². The molecule has 0 fully saturated rings. The van der Waals surface area contributed by atoms with Crippen LogP contribution in [-0.2, 0) is 0 Å². The van der Waals surface area contributed by atoms with Gasteiger partial charge in [0, 0.05) is 23.9 Å². The van der Waals surface area contributed by atoms with Gasteiger partial charge in [-0.3, -0.25) is 10.1 Å². The predicted molar refractivity (Wildman–Crippen MR) is 92.6 cm³/mol. The lowest BCUT2D eigenvalue weighted by molar-refractivity contribution is -0.384. The summed E-state index contributed by atoms with van der Waals surface area (Å²) >= 11 is 0. The summed E-state index contributed by atoms with van der Waals surface area (Å²) in [6, 6.07) is 15.2. The van der Waals surface area contributed by atoms with Crippen molar-refractivity contribution < 1.29 is 9.34 Å². The normalized spacial score (nSPS) is 16.5. The molecular weight excluding hydrogens is 322 g/mol. The highest BCUT2D eigenvalue weighted by molar-refractivity contribution is 6.03. The fourth-order valence-corrected chi connectivity index (χ4v) is 2.92. The molecule has 0 unspecified atom stereocenters. The number of rotatable bonds is 3. The summed E-state index contributed by atoms with van der Waals surface area (Å²) in [5, 5.41) is 16.0. The van der Waals surface area contributed by atoms with Crippen molar-refractivity contribution in [2.45, 2.75) is 12.5 Å². The van der Waals surface area contributed by atoms with E-state index in [0.717, 1.165) is 10.9 Å². The smallest absolute Gasteiger partial charge is 0.345 e. The van der Waals surface area contributed by atoms with E-state index in [4.69, 9.17) is 4.42 Å². The fraction of sp³-hybridized carbons (Fsp3) is 0.111. The standard InChI is InChI=1S/C18H13N3O4/c22-18-14(9-12-4-1-2-7-17(12)25-18)16-10-15(19-20-16)11-5-3-6-13(8-11)21(23)24/h1-9,15,19H,10H2/t15-/m0/s1. The Kier molecular flexibility index (Phi) is 3.53. The minimum Gasteiger partial charge on any atom is -0.422 e. The van der Waals surface area contributed by atoms with Crippen molar-refractivity contribution in [2.24, 2.45) is 5.10 Å². The molecule has 7 heteroatoms. The highest BCUT2D eigenvalue weighted by atomic mass is 16.6. The number of nitro benzene ring substituents is 1. The topological polar surface area (TPSA) is 97.7 Å². The van der Waals surface area contributed by atoms with Gasteiger partial charge in [0.15, 0.2) is 0 Å². The van der Waals surface area contributed by atoms with Crippen LogP contribution in [0.2, 0.25) is 0 Å². The van der Waals surface area contributed by atoms with Gasteiger partial charge >= 0.3 is 5.63 Å². The van der Waals surface area contributed by atoms with Gasteiger partial charge in [-0.05, 0) is 17.7 Å². The third-order valence-corrected chi connectivity index (χ3v) is 4.19. The van der Waals surface area contributed by atoms with E-state index in [-0.39, 0.29) is 11.7 Å². The van der Waals surface area contributed by atoms with Crippen LogP contribution in [0.25, 0.3) is 11.0 Å². The van der Waals surface area contributed by atoms with Crippen molar-refractivity contribution in [3.05, 3.63) is 86.3 Å². The van der Waals surface area contributed by atoms with Crippen LogP contribution in [0, 0.1) is 10.1 Å². The van der Waals surface area contributed by atoms with E-state index >= 15 is 0 Å². The predicted octanol–water partition coefficient (Wildman–Crippen LogP) is 3.14. The lowest BCUT2D eigenvalue weighted by Crippen LogP contribution is -2.14. The van der Waals surface area contributed by atoms with Gasteiger partial charge < -0.3 is 9.84 Å². The molecule has 0 saturated heterocycles. The summed E-state index contributed by atoms with van der Waals surface area (Å²) in [5.74, 6) is 0. The van der Waals surface area contributed by atoms with E-state index in [9.17, 15) is 14.9 Å². The molecule has 0 bridgehead atoms. The number of fused-ring (bicyclic) bond motifs is 1. The minimum atomic E-state index is -0.445. The van der Waals surface area contributed by atoms with E-state index in [1.807, 2.05) is 12.1 Å². The molecule has 0 radical (unpaired) electrons. The molecule has 1 aliphatic heterocycles. The van der Waals surface area contributed by atoms with E-state index in [0.29, 0.717) is 23.3 Å². The number of nitrogens with zero attached hydrogens (tertiary/aromatic N) is 2. The monoisotopic (exact) mass is 335 g/mol. The number of hydrazone groups is 1. The van der Waals surface area contributed by atoms with Crippen LogP contribution in [0.4, 0.5) is 5.69 Å². The maximum absolute atomic E-state index is 12.2. The van der Waals surface area contributed by atoms with Crippen LogP contribution in [-0.4, -0.2) is 10.6 Å². The second-order valence-corrected chi connectivity index (χ2v) is 5.78. The zero-order chi connectivity index (χ0) is 17.4. The number of non-ortho nitro benzene ring substituents is 1. The Hall–Kier alpha value is -3.48. The Balaban J connectivity index is 1.64. The molecule has 3 aromatic rings. The third-order valence-electron chi connectivity index (χ3n) is 4.19. The quantitative estimate of drug-likeness (QED) is 0.450. The third kappa shape index (κ3) is 2.76. The molecule has 1 atom stereocenters. The number of hydrogen-bond donors (Lipinski definition) is 1. The van der Waals surface area contributed by atoms with Gasteiger partial charge in [0.2, 0.25) is 0 Å². The first-order chi connectivity index (χ1) is 12.1. The summed E-state index contributed by atoms with van der Waals surface area (Å²) < 4.78 is 5.34. The van der Waals surface area contributed by atoms with Gasteiger partial charge in [0.05, 0.1) is 22.2 Å². The molecule has 1 aromatic heterocycles. The minimum absolute atomic E-state index is 0.0259. The highest BCUT2D eigenvalue weighted by Gasteiger charge is 2.25. The maximum atomic E-state index is 12.2. The zero-order valence-electron chi connectivity index (χ0n) is 13.0. The molecule has 0 aliphatic carbocycles. The SMILES string of the molecule is O=c1oc2ccccc2cc1C1=NN[C@H](c2cccc([N+](=O)[O-])c2)C1. The van der Waals surface area contributed by atoms with Crippen LogP contribution in [0.15, 0.2) is 68.9 Å². The van der Waals surface area contributed by atoms with E-state index in [2.05, 4.69) is 10.5 Å². The van der Waals surface area contributed by atoms with Crippen molar-refractivity contribution in [1.29, 1.82) is 0 Å². The lowest BCUT2D eigenvalue weighted by Gasteiger charge is -2.09. The summed E-state index contributed by atoms with van der Waals surface area (Å²) in [6.07, 6.45) is 0.449. The van der Waals surface area contributed by atoms with E-state index < -0.39 is 10.5 Å². The molecule has 2 heterocycles. The first-order valence-corrected chi connectivity index (χ1v) is 7.71. The van der Waals surface area contributed by atoms with Gasteiger partial charge in [-0.2, -0.15) is 5.10 Å². The van der Waals surface area contributed by atoms with Crippen LogP contribution < -0.4 is 11.1 Å². The number of nitrogens with one attached hydrogen (secondary N) is 1. The van der Waals surface area contributed by atoms with Crippen LogP contribution >= 0.6 is 0 Å². The van der Waals surface area contributed by atoms with Gasteiger partial charge in [0.1, 0.15) is 5.58 Å². The first kappa shape index (κ1) is 15.1. The molecular formula is C18H13N3O4. The Labute approximate surface area is 141 Å². The molecule has 0 spiro atoms. The molecule has 1 N–H and O–H groups in total. The van der Waals surface area contributed by atoms with Crippen molar-refractivity contribution >= 4 is 22.4 Å². The highest BCUT2D eigenvalue weighted by Crippen LogP contribution is 2.27. The Bertz CT molecular complexity index is 1070. The van der Waals surface area contributed by atoms with E-state index in [1.54, 1.807) is 30.3 Å². The Morgan fingerprint density at radius 1 is 1.16 bits per heavy atom. The van der Waals surface area contributed by atoms with Crippen LogP contribution in [0.1, 0.15) is 23.6 Å². The summed E-state index contributed by atoms with van der Waals surface area (Å²) in [6.45, 7) is 0. The fourth-order valence-electron chi connectivity index (χ4n) is 2.92. The summed E-state index contributed by atoms with van der Waals surface area (Å²) in [4.78, 5) is 22.7. The Morgan fingerprint density at radius 3 is 2.84 bits per heavy atom. The second kappa shape index (κ2) is 5.86. The molecule has 1 aliphatic rings. The molecule has 124 valence electrons. The number of benzene rings is 2. The Morgan fingerprint density at radius 2 is 2.00 bits per heavy atom. The van der Waals surface area contributed by atoms with Crippen molar-refractivity contribution in [2.75, 3.05) is 0 Å². The zero-order valence-corrected chi connectivity index (χ0v) is 13.0. The first-order valence-electron chi connectivity index (χ1n) is 7.71. The number of hydrogen-bond acceptors (Lipinski definition) is 6. The lowest BCUT2D eigenvalue weighted by atomic mass is 9.99. The summed E-state index contributed by atoms with van der Waals surface area (Å²) in [7, 11) is 0. The van der Waals surface area contributed by atoms with E-state index in [1.165, 1.54) is 12.1 Å². The summed E-state index contributed by atoms with van der Waals surface area (Å²) in [5.41, 5.74) is 4.78. The average Bonchev–Trinajstić information content (AvgIpc) is 3.11. The largest absolute Gasteiger partial charge is 0.422 e. The molecule has 4 rings (SSSR count). The van der Waals surface area contributed by atoms with Gasteiger partial charge in [0.25, 0.3) is 5.69 Å². The van der Waals surface area contributed by atoms with Gasteiger partial charge in [-0.15, -0.1) is 0 Å². The number of nitro groups is 1. The van der Waals surface area contributed by atoms with Crippen LogP contribution in [0.5, 0.6) is 0 Å². The second-order valence-electron chi connectivity index (χ2n) is 5.78. The molecule has 0 saturated carbocycles. The average molecular weight is 335 g/mol. The molecule has 7 nitrogen and oxygen atoms in total. The molecule has 25 heavy (non-hydrogen) atoms. The van der Waals surface area contributed by atoms with Crippen molar-refractivity contribution in [3.8, 4) is 0 Å². The number of para-hydroxylation sites is 1. The van der Waals surface area contributed by atoms with Crippen molar-refractivity contribution in [1.82, 2.24) is 5.43 Å². The van der Waals surface area contributed by atoms with Gasteiger partial charge in [-0.25, -0.2) is 4.79 Å². The molecule has 2 aromatic carbocycles. The maximum Gasteiger partial charge on any atom is 0.345 e. The van der Waals surface area contributed by atoms with Crippen molar-refractivity contribution in [3.63, 3.8) is 0 Å². The van der Waals surface area contributed by atoms with Crippen LogP contribution in [0.3, 0.4) is 0 Å².